The van der Waals surface area contributed by atoms with Gasteiger partial charge in [0.25, 0.3) is 0 Å². The summed E-state index contributed by atoms with van der Waals surface area (Å²) in [5.41, 5.74) is 0.772. The Balaban J connectivity index is 2.27. The van der Waals surface area contributed by atoms with Crippen molar-refractivity contribution in [3.05, 3.63) is 29.8 Å². The average Bonchev–Trinajstić information content (AvgIpc) is 2.52. The second-order valence-electron chi connectivity index (χ2n) is 5.85. The molecule has 1 aromatic rings. The third-order valence-electron chi connectivity index (χ3n) is 3.83. The Kier molecular flexibility index (Phi) is 9.31. The maximum atomic E-state index is 11.9. The molecule has 0 aliphatic rings. The predicted octanol–water partition coefficient (Wildman–Crippen LogP) is 3.02. The van der Waals surface area contributed by atoms with Crippen LogP contribution in [0.25, 0.3) is 0 Å². The lowest BCUT2D eigenvalue weighted by molar-refractivity contribution is -0.122. The minimum Gasteiger partial charge on any atom is -0.508 e. The van der Waals surface area contributed by atoms with Crippen molar-refractivity contribution in [3.63, 3.8) is 0 Å². The molecule has 0 radical (unpaired) electrons. The van der Waals surface area contributed by atoms with E-state index >= 15 is 0 Å². The van der Waals surface area contributed by atoms with Crippen molar-refractivity contribution in [2.75, 3.05) is 13.2 Å². The molecule has 0 saturated carbocycles. The number of phenols is 1. The zero-order valence-electron chi connectivity index (χ0n) is 13.6. The summed E-state index contributed by atoms with van der Waals surface area (Å²) >= 11 is 0. The Morgan fingerprint density at radius 2 is 1.91 bits per heavy atom. The lowest BCUT2D eigenvalue weighted by Crippen LogP contribution is -2.28. The molecule has 22 heavy (non-hydrogen) atoms. The van der Waals surface area contributed by atoms with Crippen molar-refractivity contribution in [2.45, 2.75) is 51.9 Å². The van der Waals surface area contributed by atoms with E-state index in [9.17, 15) is 15.0 Å². The molecule has 0 heterocycles. The molecule has 1 atom stereocenters. The van der Waals surface area contributed by atoms with E-state index in [0.717, 1.165) is 18.4 Å². The van der Waals surface area contributed by atoms with Gasteiger partial charge in [0.05, 0.1) is 0 Å². The summed E-state index contributed by atoms with van der Waals surface area (Å²) in [6.07, 6.45) is 6.65. The van der Waals surface area contributed by atoms with Crippen LogP contribution in [-0.2, 0) is 11.2 Å². The zero-order chi connectivity index (χ0) is 16.2. The fourth-order valence-electron chi connectivity index (χ4n) is 2.49. The largest absolute Gasteiger partial charge is 0.508 e. The molecule has 0 fully saturated rings. The predicted molar refractivity (Wildman–Crippen MR) is 88.8 cm³/mol. The quantitative estimate of drug-likeness (QED) is 0.550. The van der Waals surface area contributed by atoms with Gasteiger partial charge >= 0.3 is 0 Å². The van der Waals surface area contributed by atoms with Gasteiger partial charge in [-0.05, 0) is 30.4 Å². The lowest BCUT2D eigenvalue weighted by atomic mass is 9.96. The molecule has 1 rings (SSSR count). The van der Waals surface area contributed by atoms with Gasteiger partial charge in [0, 0.05) is 19.6 Å². The Hall–Kier alpha value is -1.55. The van der Waals surface area contributed by atoms with Gasteiger partial charge in [-0.1, -0.05) is 50.8 Å². The highest BCUT2D eigenvalue weighted by Crippen LogP contribution is 2.21. The SMILES string of the molecule is CCCCCCCNC(=O)CC(CO)Cc1ccccc1O. The third-order valence-corrected chi connectivity index (χ3v) is 3.83. The van der Waals surface area contributed by atoms with Crippen LogP contribution in [0.3, 0.4) is 0 Å². The smallest absolute Gasteiger partial charge is 0.220 e. The summed E-state index contributed by atoms with van der Waals surface area (Å²) in [6, 6.07) is 7.06. The number of aliphatic hydroxyl groups excluding tert-OH is 1. The summed E-state index contributed by atoms with van der Waals surface area (Å²) < 4.78 is 0. The second-order valence-corrected chi connectivity index (χ2v) is 5.85. The van der Waals surface area contributed by atoms with Crippen LogP contribution in [0.15, 0.2) is 24.3 Å². The van der Waals surface area contributed by atoms with E-state index in [0.29, 0.717) is 19.4 Å². The summed E-state index contributed by atoms with van der Waals surface area (Å²) in [5.74, 6) is 0.0376. The van der Waals surface area contributed by atoms with Gasteiger partial charge in [0.2, 0.25) is 5.91 Å². The second kappa shape index (κ2) is 11.1. The van der Waals surface area contributed by atoms with Crippen molar-refractivity contribution in [3.8, 4) is 5.75 Å². The number of unbranched alkanes of at least 4 members (excludes halogenated alkanes) is 4. The van der Waals surface area contributed by atoms with Gasteiger partial charge in [-0.15, -0.1) is 0 Å². The summed E-state index contributed by atoms with van der Waals surface area (Å²) in [7, 11) is 0. The molecule has 1 amide bonds. The van der Waals surface area contributed by atoms with Gasteiger partial charge in [0.15, 0.2) is 0 Å². The molecule has 0 bridgehead atoms. The molecule has 0 aliphatic heterocycles. The number of carbonyl (C=O) groups is 1. The standard InChI is InChI=1S/C18H29NO3/c1-2-3-4-5-8-11-19-18(22)13-15(14-20)12-16-9-6-7-10-17(16)21/h6-7,9-10,15,20-21H,2-5,8,11-14H2,1H3,(H,19,22). The van der Waals surface area contributed by atoms with E-state index in [1.165, 1.54) is 19.3 Å². The molecule has 0 saturated heterocycles. The number of amides is 1. The van der Waals surface area contributed by atoms with Gasteiger partial charge in [-0.3, -0.25) is 4.79 Å². The fraction of sp³-hybridized carbons (Fsp3) is 0.611. The molecule has 4 nitrogen and oxygen atoms in total. The van der Waals surface area contributed by atoms with Crippen LogP contribution in [-0.4, -0.2) is 29.3 Å². The highest BCUT2D eigenvalue weighted by molar-refractivity contribution is 5.76. The number of rotatable bonds is 11. The number of benzene rings is 1. The number of aliphatic hydroxyl groups is 1. The summed E-state index contributed by atoms with van der Waals surface area (Å²) in [6.45, 7) is 2.83. The number of para-hydroxylation sites is 1. The van der Waals surface area contributed by atoms with Crippen molar-refractivity contribution in [1.29, 1.82) is 0 Å². The van der Waals surface area contributed by atoms with Gasteiger partial charge in [0.1, 0.15) is 5.75 Å². The normalized spacial score (nSPS) is 12.1. The molecule has 0 spiro atoms. The van der Waals surface area contributed by atoms with E-state index in [2.05, 4.69) is 12.2 Å². The maximum absolute atomic E-state index is 11.9. The van der Waals surface area contributed by atoms with Crippen LogP contribution in [0, 0.1) is 5.92 Å². The molecule has 0 aliphatic carbocycles. The molecule has 124 valence electrons. The molecular weight excluding hydrogens is 278 g/mol. The number of carbonyl (C=O) groups excluding carboxylic acids is 1. The van der Waals surface area contributed by atoms with Crippen molar-refractivity contribution >= 4 is 5.91 Å². The van der Waals surface area contributed by atoms with E-state index in [-0.39, 0.29) is 24.2 Å². The summed E-state index contributed by atoms with van der Waals surface area (Å²) in [5, 5.41) is 22.1. The Labute approximate surface area is 133 Å². The Morgan fingerprint density at radius 1 is 1.18 bits per heavy atom. The minimum atomic E-state index is -0.159. The first-order valence-electron chi connectivity index (χ1n) is 8.31. The minimum absolute atomic E-state index is 0.0232. The number of phenolic OH excluding ortho intramolecular Hbond substituents is 1. The number of nitrogens with one attached hydrogen (secondary N) is 1. The highest BCUT2D eigenvalue weighted by Gasteiger charge is 2.15. The van der Waals surface area contributed by atoms with Gasteiger partial charge in [-0.2, -0.15) is 0 Å². The van der Waals surface area contributed by atoms with E-state index in [1.807, 2.05) is 12.1 Å². The first-order valence-corrected chi connectivity index (χ1v) is 8.31. The van der Waals surface area contributed by atoms with Crippen molar-refractivity contribution in [1.82, 2.24) is 5.32 Å². The molecule has 3 N–H and O–H groups in total. The summed E-state index contributed by atoms with van der Waals surface area (Å²) in [4.78, 5) is 11.9. The monoisotopic (exact) mass is 307 g/mol. The van der Waals surface area contributed by atoms with Crippen LogP contribution < -0.4 is 5.32 Å². The third kappa shape index (κ3) is 7.46. The highest BCUT2D eigenvalue weighted by atomic mass is 16.3. The van der Waals surface area contributed by atoms with E-state index in [1.54, 1.807) is 12.1 Å². The Bertz CT molecular complexity index is 434. The zero-order valence-corrected chi connectivity index (χ0v) is 13.6. The number of hydrogen-bond acceptors (Lipinski definition) is 3. The fourth-order valence-corrected chi connectivity index (χ4v) is 2.49. The maximum Gasteiger partial charge on any atom is 0.220 e. The Morgan fingerprint density at radius 3 is 2.59 bits per heavy atom. The topological polar surface area (TPSA) is 69.6 Å². The molecule has 4 heteroatoms. The average molecular weight is 307 g/mol. The van der Waals surface area contributed by atoms with Gasteiger partial charge in [-0.25, -0.2) is 0 Å². The first-order chi connectivity index (χ1) is 10.7. The van der Waals surface area contributed by atoms with E-state index in [4.69, 9.17) is 0 Å². The first kappa shape index (κ1) is 18.5. The number of hydrogen-bond donors (Lipinski definition) is 3. The number of aromatic hydroxyl groups is 1. The van der Waals surface area contributed by atoms with Crippen LogP contribution in [0.5, 0.6) is 5.75 Å². The molecule has 1 aromatic carbocycles. The van der Waals surface area contributed by atoms with Crippen LogP contribution in [0.2, 0.25) is 0 Å². The lowest BCUT2D eigenvalue weighted by Gasteiger charge is -2.15. The van der Waals surface area contributed by atoms with E-state index < -0.39 is 0 Å². The molecule has 1 unspecified atom stereocenters. The molecule has 0 aromatic heterocycles. The van der Waals surface area contributed by atoms with Crippen molar-refractivity contribution < 1.29 is 15.0 Å². The van der Waals surface area contributed by atoms with Gasteiger partial charge < -0.3 is 15.5 Å². The molecular formula is C18H29NO3. The van der Waals surface area contributed by atoms with Crippen LogP contribution in [0.1, 0.15) is 51.0 Å². The van der Waals surface area contributed by atoms with Crippen LogP contribution in [0.4, 0.5) is 0 Å². The van der Waals surface area contributed by atoms with Crippen LogP contribution >= 0.6 is 0 Å². The van der Waals surface area contributed by atoms with Crippen molar-refractivity contribution in [2.24, 2.45) is 5.92 Å².